The van der Waals surface area contributed by atoms with Crippen molar-refractivity contribution in [2.24, 2.45) is 5.92 Å². The lowest BCUT2D eigenvalue weighted by molar-refractivity contribution is 0.243. The molecule has 0 spiro atoms. The van der Waals surface area contributed by atoms with Gasteiger partial charge in [-0.3, -0.25) is 14.7 Å². The van der Waals surface area contributed by atoms with Gasteiger partial charge in [-0.2, -0.15) is 0 Å². The van der Waals surface area contributed by atoms with E-state index in [0.29, 0.717) is 6.54 Å². The molecular formula is C19H26N4OS. The molecule has 1 N–H and O–H groups in total. The van der Waals surface area contributed by atoms with E-state index in [1.165, 1.54) is 23.3 Å². The highest BCUT2D eigenvalue weighted by atomic mass is 32.1. The van der Waals surface area contributed by atoms with E-state index in [2.05, 4.69) is 40.1 Å². The molecule has 134 valence electrons. The number of nitrogens with zero attached hydrogens (tertiary/aromatic N) is 3. The number of rotatable bonds is 3. The van der Waals surface area contributed by atoms with Crippen molar-refractivity contribution in [2.75, 3.05) is 24.5 Å². The van der Waals surface area contributed by atoms with Crippen LogP contribution in [-0.4, -0.2) is 34.5 Å². The fraction of sp³-hybridized carbons (Fsp3) is 0.579. The predicted octanol–water partition coefficient (Wildman–Crippen LogP) is 2.93. The van der Waals surface area contributed by atoms with Gasteiger partial charge in [0.1, 0.15) is 0 Å². The van der Waals surface area contributed by atoms with E-state index in [1.807, 2.05) is 0 Å². The van der Waals surface area contributed by atoms with Crippen molar-refractivity contribution >= 4 is 17.3 Å². The third kappa shape index (κ3) is 3.51. The number of nitrogens with one attached hydrogen (secondary N) is 1. The molecule has 2 aromatic heterocycles. The van der Waals surface area contributed by atoms with Gasteiger partial charge in [0.15, 0.2) is 0 Å². The van der Waals surface area contributed by atoms with E-state index in [0.717, 1.165) is 55.7 Å². The molecule has 4 rings (SSSR count). The Morgan fingerprint density at radius 3 is 2.84 bits per heavy atom. The van der Waals surface area contributed by atoms with E-state index >= 15 is 0 Å². The van der Waals surface area contributed by atoms with Crippen LogP contribution in [0.25, 0.3) is 0 Å². The molecule has 0 saturated carbocycles. The molecule has 1 saturated heterocycles. The van der Waals surface area contributed by atoms with Crippen molar-refractivity contribution in [1.29, 1.82) is 0 Å². The number of aromatic amines is 1. The number of fused-ring (bicyclic) bond motifs is 1. The molecule has 5 nitrogen and oxygen atoms in total. The van der Waals surface area contributed by atoms with Crippen molar-refractivity contribution in [3.05, 3.63) is 43.5 Å². The van der Waals surface area contributed by atoms with Gasteiger partial charge in [-0.25, -0.2) is 4.98 Å². The molecule has 4 heterocycles. The first-order chi connectivity index (χ1) is 12.1. The average molecular weight is 359 g/mol. The molecule has 1 fully saturated rings. The molecule has 2 aromatic rings. The molecule has 2 aliphatic heterocycles. The Kier molecular flexibility index (Phi) is 4.65. The molecule has 0 amide bonds. The average Bonchev–Trinajstić information content (AvgIpc) is 3.01. The summed E-state index contributed by atoms with van der Waals surface area (Å²) in [6, 6.07) is 2.16. The summed E-state index contributed by atoms with van der Waals surface area (Å²) < 4.78 is 0. The van der Waals surface area contributed by atoms with Crippen molar-refractivity contribution < 1.29 is 0 Å². The van der Waals surface area contributed by atoms with Crippen LogP contribution in [0.5, 0.6) is 0 Å². The summed E-state index contributed by atoms with van der Waals surface area (Å²) in [5, 5.41) is 2.14. The van der Waals surface area contributed by atoms with Crippen LogP contribution in [0.15, 0.2) is 16.2 Å². The Labute approximate surface area is 152 Å². The van der Waals surface area contributed by atoms with Crippen molar-refractivity contribution in [3.8, 4) is 0 Å². The minimum absolute atomic E-state index is 0.0474. The Bertz CT molecular complexity index is 804. The van der Waals surface area contributed by atoms with Crippen LogP contribution < -0.4 is 10.5 Å². The number of piperidine rings is 1. The molecule has 0 radical (unpaired) electrons. The van der Waals surface area contributed by atoms with Gasteiger partial charge in [0.25, 0.3) is 5.56 Å². The number of anilines is 1. The number of aromatic nitrogens is 2. The van der Waals surface area contributed by atoms with Gasteiger partial charge in [0.05, 0.1) is 11.3 Å². The topological polar surface area (TPSA) is 52.2 Å². The molecular weight excluding hydrogens is 332 g/mol. The quantitative estimate of drug-likeness (QED) is 0.917. The van der Waals surface area contributed by atoms with Gasteiger partial charge in [-0.15, -0.1) is 11.3 Å². The molecule has 6 heteroatoms. The maximum atomic E-state index is 12.7. The van der Waals surface area contributed by atoms with Crippen molar-refractivity contribution in [2.45, 2.75) is 46.2 Å². The van der Waals surface area contributed by atoms with E-state index < -0.39 is 0 Å². The lowest BCUT2D eigenvalue weighted by atomic mass is 9.99. The summed E-state index contributed by atoms with van der Waals surface area (Å²) in [6.07, 6.45) is 3.21. The normalized spacial score (nSPS) is 19.2. The second-order valence-corrected chi connectivity index (χ2v) is 8.47. The van der Waals surface area contributed by atoms with Gasteiger partial charge in [-0.1, -0.05) is 6.92 Å². The first-order valence-electron chi connectivity index (χ1n) is 9.22. The lowest BCUT2D eigenvalue weighted by Crippen LogP contribution is -2.39. The Morgan fingerprint density at radius 1 is 1.32 bits per heavy atom. The maximum Gasteiger partial charge on any atom is 0.257 e. The molecule has 25 heavy (non-hydrogen) atoms. The SMILES string of the molecule is Cc1ccsc1CN1CCc2nc(N3CCC(C)CC3)[nH]c(=O)c2C1. The van der Waals surface area contributed by atoms with E-state index in [9.17, 15) is 4.79 Å². The maximum absolute atomic E-state index is 12.7. The number of H-pyrrole nitrogens is 1. The van der Waals surface area contributed by atoms with E-state index in [4.69, 9.17) is 4.98 Å². The highest BCUT2D eigenvalue weighted by Crippen LogP contribution is 2.24. The molecule has 2 aliphatic rings. The fourth-order valence-electron chi connectivity index (χ4n) is 3.74. The van der Waals surface area contributed by atoms with Crippen LogP contribution in [0, 0.1) is 12.8 Å². The lowest BCUT2D eigenvalue weighted by Gasteiger charge is -2.32. The summed E-state index contributed by atoms with van der Waals surface area (Å²) >= 11 is 1.80. The third-order valence-corrected chi connectivity index (χ3v) is 6.56. The zero-order valence-electron chi connectivity index (χ0n) is 15.0. The van der Waals surface area contributed by atoms with Gasteiger partial charge in [0, 0.05) is 44.0 Å². The van der Waals surface area contributed by atoms with Crippen molar-refractivity contribution in [1.82, 2.24) is 14.9 Å². The van der Waals surface area contributed by atoms with Gasteiger partial charge in [0.2, 0.25) is 5.95 Å². The second-order valence-electron chi connectivity index (χ2n) is 7.47. The second kappa shape index (κ2) is 6.92. The van der Waals surface area contributed by atoms with E-state index in [1.54, 1.807) is 11.3 Å². The number of thiophene rings is 1. The summed E-state index contributed by atoms with van der Waals surface area (Å²) in [5.41, 5.74) is 3.25. The number of aryl methyl sites for hydroxylation is 1. The molecule has 0 aliphatic carbocycles. The summed E-state index contributed by atoms with van der Waals surface area (Å²) in [7, 11) is 0. The molecule has 0 aromatic carbocycles. The highest BCUT2D eigenvalue weighted by Gasteiger charge is 2.24. The largest absolute Gasteiger partial charge is 0.342 e. The summed E-state index contributed by atoms with van der Waals surface area (Å²) in [5.74, 6) is 1.55. The number of hydrogen-bond acceptors (Lipinski definition) is 5. The van der Waals surface area contributed by atoms with Crippen LogP contribution in [0.1, 0.15) is 41.5 Å². The molecule has 0 atom stereocenters. The first kappa shape index (κ1) is 16.8. The molecule has 0 unspecified atom stereocenters. The Morgan fingerprint density at radius 2 is 2.12 bits per heavy atom. The standard InChI is InChI=1S/C19H26N4OS/c1-13-3-8-23(9-4-13)19-20-16-5-7-22(11-15(16)18(24)21-19)12-17-14(2)6-10-25-17/h6,10,13H,3-5,7-9,11-12H2,1-2H3,(H,20,21,24). The summed E-state index contributed by atoms with van der Waals surface area (Å²) in [6.45, 7) is 9.03. The fourth-order valence-corrected chi connectivity index (χ4v) is 4.69. The Balaban J connectivity index is 1.51. The van der Waals surface area contributed by atoms with E-state index in [-0.39, 0.29) is 5.56 Å². The van der Waals surface area contributed by atoms with Crippen LogP contribution >= 0.6 is 11.3 Å². The summed E-state index contributed by atoms with van der Waals surface area (Å²) in [4.78, 5) is 26.5. The monoisotopic (exact) mass is 358 g/mol. The van der Waals surface area contributed by atoms with Crippen LogP contribution in [0.4, 0.5) is 5.95 Å². The third-order valence-electron chi connectivity index (χ3n) is 5.55. The molecule has 0 bridgehead atoms. The van der Waals surface area contributed by atoms with Crippen LogP contribution in [0.2, 0.25) is 0 Å². The van der Waals surface area contributed by atoms with Crippen LogP contribution in [0.3, 0.4) is 0 Å². The van der Waals surface area contributed by atoms with Crippen LogP contribution in [-0.2, 0) is 19.5 Å². The first-order valence-corrected chi connectivity index (χ1v) is 10.1. The van der Waals surface area contributed by atoms with Gasteiger partial charge >= 0.3 is 0 Å². The smallest absolute Gasteiger partial charge is 0.257 e. The van der Waals surface area contributed by atoms with Crippen molar-refractivity contribution in [3.63, 3.8) is 0 Å². The predicted molar refractivity (Wildman–Crippen MR) is 102 cm³/mol. The minimum Gasteiger partial charge on any atom is -0.342 e. The zero-order chi connectivity index (χ0) is 17.4. The number of hydrogen-bond donors (Lipinski definition) is 1. The zero-order valence-corrected chi connectivity index (χ0v) is 15.9. The van der Waals surface area contributed by atoms with Gasteiger partial charge < -0.3 is 4.90 Å². The van der Waals surface area contributed by atoms with Gasteiger partial charge in [-0.05, 0) is 42.7 Å². The highest BCUT2D eigenvalue weighted by molar-refractivity contribution is 7.10. The minimum atomic E-state index is 0.0474. The Hall–Kier alpha value is -1.66.